The van der Waals surface area contributed by atoms with E-state index in [4.69, 9.17) is 5.84 Å². The summed E-state index contributed by atoms with van der Waals surface area (Å²) in [4.78, 5) is 24.6. The Balaban J connectivity index is 2.02. The highest BCUT2D eigenvalue weighted by Crippen LogP contribution is 2.24. The molecule has 0 aromatic heterocycles. The molecule has 4 N–H and O–H groups in total. The van der Waals surface area contributed by atoms with E-state index in [1.165, 1.54) is 18.2 Å². The number of benzene rings is 1. The fraction of sp³-hybridized carbons (Fsp3) is 0.462. The van der Waals surface area contributed by atoms with Gasteiger partial charge in [0.05, 0.1) is 4.92 Å². The van der Waals surface area contributed by atoms with Crippen LogP contribution in [-0.2, 0) is 0 Å². The minimum Gasteiger partial charge on any atom is -0.352 e. The number of anilines is 1. The van der Waals surface area contributed by atoms with Crippen molar-refractivity contribution in [2.24, 2.45) is 11.8 Å². The molecule has 1 unspecified atom stereocenters. The predicted molar refractivity (Wildman–Crippen MR) is 78.8 cm³/mol. The smallest absolute Gasteiger partial charge is 0.294 e. The molecule has 114 valence electrons. The van der Waals surface area contributed by atoms with Crippen molar-refractivity contribution in [3.63, 3.8) is 0 Å². The molecule has 0 spiro atoms. The SMILES string of the molecule is CN1CCC(CNC(=O)c2ccc(NN)c([N+](=O)[O-])c2)C1. The van der Waals surface area contributed by atoms with Crippen LogP contribution in [0.4, 0.5) is 11.4 Å². The molecule has 1 aromatic carbocycles. The van der Waals surface area contributed by atoms with Crippen molar-refractivity contribution in [2.75, 3.05) is 32.1 Å². The van der Waals surface area contributed by atoms with Crippen LogP contribution < -0.4 is 16.6 Å². The van der Waals surface area contributed by atoms with E-state index in [2.05, 4.69) is 15.6 Å². The topological polar surface area (TPSA) is 114 Å². The molecular formula is C13H19N5O3. The Morgan fingerprint density at radius 2 is 2.33 bits per heavy atom. The molecule has 0 radical (unpaired) electrons. The van der Waals surface area contributed by atoms with Crippen LogP contribution in [-0.4, -0.2) is 42.4 Å². The van der Waals surface area contributed by atoms with Crippen molar-refractivity contribution in [1.82, 2.24) is 10.2 Å². The number of nitrogens with zero attached hydrogens (tertiary/aromatic N) is 2. The van der Waals surface area contributed by atoms with Gasteiger partial charge in [0, 0.05) is 24.7 Å². The summed E-state index contributed by atoms with van der Waals surface area (Å²) in [5.41, 5.74) is 2.46. The van der Waals surface area contributed by atoms with E-state index >= 15 is 0 Å². The number of hydrogen-bond acceptors (Lipinski definition) is 6. The van der Waals surface area contributed by atoms with E-state index in [1.54, 1.807) is 0 Å². The highest BCUT2D eigenvalue weighted by atomic mass is 16.6. The van der Waals surface area contributed by atoms with Gasteiger partial charge in [-0.1, -0.05) is 0 Å². The molecule has 1 aliphatic rings. The van der Waals surface area contributed by atoms with E-state index in [-0.39, 0.29) is 22.8 Å². The lowest BCUT2D eigenvalue weighted by Crippen LogP contribution is -2.30. The zero-order valence-electron chi connectivity index (χ0n) is 11.8. The van der Waals surface area contributed by atoms with E-state index in [0.29, 0.717) is 12.5 Å². The number of nitro groups is 1. The average molecular weight is 293 g/mol. The lowest BCUT2D eigenvalue weighted by atomic mass is 10.1. The van der Waals surface area contributed by atoms with Crippen LogP contribution in [0.2, 0.25) is 0 Å². The average Bonchev–Trinajstić information content (AvgIpc) is 2.89. The zero-order chi connectivity index (χ0) is 15.4. The van der Waals surface area contributed by atoms with Gasteiger partial charge in [0.2, 0.25) is 0 Å². The van der Waals surface area contributed by atoms with Crippen molar-refractivity contribution < 1.29 is 9.72 Å². The summed E-state index contributed by atoms with van der Waals surface area (Å²) in [6.45, 7) is 2.56. The van der Waals surface area contributed by atoms with Gasteiger partial charge in [-0.15, -0.1) is 0 Å². The number of amides is 1. The first-order valence-corrected chi connectivity index (χ1v) is 6.73. The number of nitrogen functional groups attached to an aromatic ring is 1. The Kier molecular flexibility index (Phi) is 4.71. The molecule has 1 atom stereocenters. The first-order valence-electron chi connectivity index (χ1n) is 6.73. The van der Waals surface area contributed by atoms with Crippen LogP contribution >= 0.6 is 0 Å². The monoisotopic (exact) mass is 293 g/mol. The van der Waals surface area contributed by atoms with Crippen LogP contribution in [0.15, 0.2) is 18.2 Å². The molecule has 21 heavy (non-hydrogen) atoms. The maximum atomic E-state index is 12.1. The van der Waals surface area contributed by atoms with Crippen molar-refractivity contribution in [3.8, 4) is 0 Å². The molecular weight excluding hydrogens is 274 g/mol. The third-order valence-electron chi connectivity index (χ3n) is 3.65. The van der Waals surface area contributed by atoms with Gasteiger partial charge >= 0.3 is 0 Å². The van der Waals surface area contributed by atoms with Crippen LogP contribution in [0.3, 0.4) is 0 Å². The second-order valence-electron chi connectivity index (χ2n) is 5.26. The minimum atomic E-state index is -0.572. The third kappa shape index (κ3) is 3.67. The molecule has 0 saturated carbocycles. The molecule has 8 nitrogen and oxygen atoms in total. The summed E-state index contributed by atoms with van der Waals surface area (Å²) in [7, 11) is 2.05. The van der Waals surface area contributed by atoms with Crippen molar-refractivity contribution >= 4 is 17.3 Å². The van der Waals surface area contributed by atoms with Gasteiger partial charge in [-0.05, 0) is 38.1 Å². The molecule has 0 aliphatic carbocycles. The second-order valence-corrected chi connectivity index (χ2v) is 5.26. The minimum absolute atomic E-state index is 0.175. The van der Waals surface area contributed by atoms with Gasteiger partial charge in [-0.3, -0.25) is 20.8 Å². The molecule has 1 aromatic rings. The summed E-state index contributed by atoms with van der Waals surface area (Å²) in [5.74, 6) is 5.33. The van der Waals surface area contributed by atoms with Gasteiger partial charge in [-0.25, -0.2) is 0 Å². The molecule has 1 amide bonds. The summed E-state index contributed by atoms with van der Waals surface area (Å²) in [6.07, 6.45) is 1.05. The highest BCUT2D eigenvalue weighted by molar-refractivity contribution is 5.95. The van der Waals surface area contributed by atoms with Crippen LogP contribution in [0.25, 0.3) is 0 Å². The van der Waals surface area contributed by atoms with Gasteiger partial charge in [-0.2, -0.15) is 0 Å². The number of nitro benzene ring substituents is 1. The number of rotatable bonds is 5. The quantitative estimate of drug-likeness (QED) is 0.415. The number of hydrazine groups is 1. The van der Waals surface area contributed by atoms with Crippen molar-refractivity contribution in [3.05, 3.63) is 33.9 Å². The van der Waals surface area contributed by atoms with E-state index in [0.717, 1.165) is 19.5 Å². The molecule has 1 aliphatic heterocycles. The molecule has 2 rings (SSSR count). The lowest BCUT2D eigenvalue weighted by Gasteiger charge is -2.12. The van der Waals surface area contributed by atoms with Gasteiger partial charge in [0.25, 0.3) is 11.6 Å². The normalized spacial score (nSPS) is 18.5. The number of likely N-dealkylation sites (tertiary alicyclic amines) is 1. The van der Waals surface area contributed by atoms with Crippen LogP contribution in [0.1, 0.15) is 16.8 Å². The lowest BCUT2D eigenvalue weighted by molar-refractivity contribution is -0.384. The molecule has 1 fully saturated rings. The first-order chi connectivity index (χ1) is 10.0. The van der Waals surface area contributed by atoms with Gasteiger partial charge in [0.1, 0.15) is 5.69 Å². The molecule has 1 heterocycles. The van der Waals surface area contributed by atoms with Gasteiger partial charge in [0.15, 0.2) is 0 Å². The Hall–Kier alpha value is -2.19. The summed E-state index contributed by atoms with van der Waals surface area (Å²) in [5, 5.41) is 13.8. The molecule has 1 saturated heterocycles. The zero-order valence-corrected chi connectivity index (χ0v) is 11.8. The van der Waals surface area contributed by atoms with Crippen LogP contribution in [0.5, 0.6) is 0 Å². The maximum Gasteiger partial charge on any atom is 0.294 e. The first kappa shape index (κ1) is 15.2. The summed E-state index contributed by atoms with van der Waals surface area (Å²) in [6, 6.07) is 4.17. The Labute approximate surface area is 122 Å². The largest absolute Gasteiger partial charge is 0.352 e. The van der Waals surface area contributed by atoms with Crippen molar-refractivity contribution in [2.45, 2.75) is 6.42 Å². The maximum absolute atomic E-state index is 12.1. The summed E-state index contributed by atoms with van der Waals surface area (Å²) < 4.78 is 0. The fourth-order valence-electron chi connectivity index (χ4n) is 2.48. The predicted octanol–water partition coefficient (Wildman–Crippen LogP) is 0.562. The Morgan fingerprint density at radius 3 is 2.90 bits per heavy atom. The van der Waals surface area contributed by atoms with E-state index in [1.807, 2.05) is 7.05 Å². The fourth-order valence-corrected chi connectivity index (χ4v) is 2.48. The number of carbonyl (C=O) groups is 1. The van der Waals surface area contributed by atoms with Crippen LogP contribution in [0, 0.1) is 16.0 Å². The van der Waals surface area contributed by atoms with Crippen molar-refractivity contribution in [1.29, 1.82) is 0 Å². The summed E-state index contributed by atoms with van der Waals surface area (Å²) >= 11 is 0. The number of nitrogens with one attached hydrogen (secondary N) is 2. The third-order valence-corrected chi connectivity index (χ3v) is 3.65. The van der Waals surface area contributed by atoms with E-state index < -0.39 is 4.92 Å². The second kappa shape index (κ2) is 6.51. The number of hydrogen-bond donors (Lipinski definition) is 3. The molecule has 0 bridgehead atoms. The number of carbonyl (C=O) groups excluding carboxylic acids is 1. The standard InChI is InChI=1S/C13H19N5O3/c1-17-5-4-9(8-17)7-15-13(19)10-2-3-11(16-14)12(6-10)18(20)21/h2-3,6,9,16H,4-5,7-8,14H2,1H3,(H,15,19). The van der Waals surface area contributed by atoms with E-state index in [9.17, 15) is 14.9 Å². The highest BCUT2D eigenvalue weighted by Gasteiger charge is 2.21. The molecule has 8 heteroatoms. The Morgan fingerprint density at radius 1 is 1.57 bits per heavy atom. The number of nitrogens with two attached hydrogens (primary N) is 1. The Bertz CT molecular complexity index is 549. The van der Waals surface area contributed by atoms with Gasteiger partial charge < -0.3 is 15.6 Å².